The second kappa shape index (κ2) is 7.45. The Balaban J connectivity index is 0.00000196. The molecule has 0 amide bonds. The predicted molar refractivity (Wildman–Crippen MR) is 100 cm³/mol. The van der Waals surface area contributed by atoms with Crippen LogP contribution in [0.1, 0.15) is 77.4 Å². The normalized spacial score (nSPS) is 30.2. The van der Waals surface area contributed by atoms with Gasteiger partial charge in [0.1, 0.15) is 0 Å². The van der Waals surface area contributed by atoms with E-state index in [2.05, 4.69) is 6.92 Å². The van der Waals surface area contributed by atoms with Crippen LogP contribution < -0.4 is 29.6 Å². The molecule has 146 valence electrons. The van der Waals surface area contributed by atoms with Gasteiger partial charge in [-0.3, -0.25) is 9.35 Å². The summed E-state index contributed by atoms with van der Waals surface area (Å²) in [6.07, 6.45) is 3.80. The van der Waals surface area contributed by atoms with Gasteiger partial charge in [0, 0.05) is 0 Å². The zero-order chi connectivity index (χ0) is 19.5. The van der Waals surface area contributed by atoms with Crippen LogP contribution in [0.2, 0.25) is 0 Å². The fourth-order valence-corrected chi connectivity index (χ4v) is 6.31. The molecule has 3 atom stereocenters. The summed E-state index contributed by atoms with van der Waals surface area (Å²) in [6, 6.07) is 3.54. The summed E-state index contributed by atoms with van der Waals surface area (Å²) >= 11 is 0. The van der Waals surface area contributed by atoms with Crippen LogP contribution in [0.15, 0.2) is 17.0 Å². The van der Waals surface area contributed by atoms with Gasteiger partial charge in [0.2, 0.25) is 0 Å². The van der Waals surface area contributed by atoms with Crippen LogP contribution in [0.4, 0.5) is 0 Å². The van der Waals surface area contributed by atoms with Crippen LogP contribution in [-0.4, -0.2) is 24.0 Å². The van der Waals surface area contributed by atoms with Gasteiger partial charge >= 0.3 is 35.5 Å². The molecular weight excluding hydrogens is 375 g/mol. The van der Waals surface area contributed by atoms with Gasteiger partial charge in [-0.05, 0) is 72.6 Å². The standard InChI is InChI=1S/C20H28O5S.Na.H/c1-12(2)14-10-13-6-7-17-19(3,8-5-9-20(17,4)18(21)22)15(13)11-16(14)26(23,24)25;;/h10-12,17H,5-9H2,1-4H3,(H,21,22)(H,23,24,25);;/q;+1;-1. The third-order valence-electron chi connectivity index (χ3n) is 6.87. The summed E-state index contributed by atoms with van der Waals surface area (Å²) in [5.74, 6) is -0.850. The van der Waals surface area contributed by atoms with Crippen LogP contribution in [0.3, 0.4) is 0 Å². The Morgan fingerprint density at radius 3 is 2.41 bits per heavy atom. The van der Waals surface area contributed by atoms with Gasteiger partial charge < -0.3 is 6.53 Å². The zero-order valence-corrected chi connectivity index (χ0v) is 19.7. The molecular formula is C20H29NaO5S. The van der Waals surface area contributed by atoms with Crippen molar-refractivity contribution in [1.29, 1.82) is 0 Å². The van der Waals surface area contributed by atoms with E-state index < -0.39 is 26.9 Å². The third kappa shape index (κ3) is 3.64. The summed E-state index contributed by atoms with van der Waals surface area (Å²) in [4.78, 5) is 12.0. The molecule has 0 aromatic heterocycles. The number of carboxylic acid groups (broad SMARTS) is 1. The Morgan fingerprint density at radius 2 is 1.89 bits per heavy atom. The molecule has 0 heterocycles. The average Bonchev–Trinajstić information content (AvgIpc) is 2.52. The molecule has 2 N–H and O–H groups in total. The number of aliphatic carboxylic acids is 1. The monoisotopic (exact) mass is 404 g/mol. The number of hydrogen-bond donors (Lipinski definition) is 2. The van der Waals surface area contributed by atoms with E-state index in [1.807, 2.05) is 26.8 Å². The second-order valence-corrected chi connectivity index (χ2v) is 10.2. The molecule has 0 bridgehead atoms. The molecule has 1 aromatic rings. The van der Waals surface area contributed by atoms with Crippen molar-refractivity contribution in [1.82, 2.24) is 0 Å². The largest absolute Gasteiger partial charge is 1.00 e. The van der Waals surface area contributed by atoms with Crippen LogP contribution in [0, 0.1) is 11.3 Å². The minimum atomic E-state index is -4.34. The van der Waals surface area contributed by atoms with Crippen molar-refractivity contribution in [2.45, 2.75) is 76.0 Å². The van der Waals surface area contributed by atoms with Crippen molar-refractivity contribution in [3.8, 4) is 0 Å². The molecule has 0 saturated heterocycles. The Bertz CT molecular complexity index is 870. The first-order valence-corrected chi connectivity index (χ1v) is 10.7. The Kier molecular flexibility index (Phi) is 6.31. The number of hydrogen-bond acceptors (Lipinski definition) is 3. The maximum Gasteiger partial charge on any atom is 1.00 e. The maximum absolute atomic E-state index is 12.0. The first-order chi connectivity index (χ1) is 11.9. The predicted octanol–water partition coefficient (Wildman–Crippen LogP) is 1.27. The van der Waals surface area contributed by atoms with Gasteiger partial charge in [-0.25, -0.2) is 0 Å². The van der Waals surface area contributed by atoms with Crippen molar-refractivity contribution in [3.05, 3.63) is 28.8 Å². The van der Waals surface area contributed by atoms with Crippen molar-refractivity contribution < 1.29 is 53.9 Å². The second-order valence-electron chi connectivity index (χ2n) is 8.76. The van der Waals surface area contributed by atoms with Crippen LogP contribution >= 0.6 is 0 Å². The summed E-state index contributed by atoms with van der Waals surface area (Å²) in [5.41, 5.74) is 1.42. The molecule has 7 heteroatoms. The summed E-state index contributed by atoms with van der Waals surface area (Å²) < 4.78 is 33.8. The molecule has 27 heavy (non-hydrogen) atoms. The molecule has 1 aromatic carbocycles. The topological polar surface area (TPSA) is 91.7 Å². The zero-order valence-electron chi connectivity index (χ0n) is 17.9. The van der Waals surface area contributed by atoms with E-state index in [0.29, 0.717) is 12.0 Å². The van der Waals surface area contributed by atoms with E-state index in [4.69, 9.17) is 0 Å². The van der Waals surface area contributed by atoms with Crippen LogP contribution in [0.5, 0.6) is 0 Å². The number of carbonyl (C=O) groups is 1. The molecule has 5 nitrogen and oxygen atoms in total. The maximum atomic E-state index is 12.0. The Morgan fingerprint density at radius 1 is 1.26 bits per heavy atom. The van der Waals surface area contributed by atoms with E-state index in [-0.39, 0.29) is 47.7 Å². The molecule has 3 unspecified atom stereocenters. The number of aryl methyl sites for hydroxylation is 1. The van der Waals surface area contributed by atoms with Gasteiger partial charge in [0.25, 0.3) is 10.1 Å². The van der Waals surface area contributed by atoms with Crippen LogP contribution in [0.25, 0.3) is 0 Å². The summed E-state index contributed by atoms with van der Waals surface area (Å²) in [5, 5.41) is 9.86. The smallest absolute Gasteiger partial charge is 1.00 e. The van der Waals surface area contributed by atoms with Crippen molar-refractivity contribution >= 4 is 16.1 Å². The SMILES string of the molecule is CC(C)c1cc2c(cc1S(=O)(=O)O)C1(C)CCCC(C)(C(=O)O)C1CC2.[H-].[Na+]. The van der Waals surface area contributed by atoms with E-state index in [0.717, 1.165) is 36.8 Å². The molecule has 1 fully saturated rings. The van der Waals surface area contributed by atoms with Gasteiger partial charge in [0.05, 0.1) is 10.3 Å². The third-order valence-corrected chi connectivity index (χ3v) is 7.78. The number of rotatable bonds is 3. The van der Waals surface area contributed by atoms with Crippen LogP contribution in [-0.2, 0) is 26.7 Å². The van der Waals surface area contributed by atoms with E-state index in [9.17, 15) is 22.9 Å². The Hall–Kier alpha value is -0.400. The van der Waals surface area contributed by atoms with Crippen molar-refractivity contribution in [3.63, 3.8) is 0 Å². The van der Waals surface area contributed by atoms with Gasteiger partial charge in [0.15, 0.2) is 0 Å². The minimum Gasteiger partial charge on any atom is -1.00 e. The van der Waals surface area contributed by atoms with Gasteiger partial charge in [-0.15, -0.1) is 0 Å². The van der Waals surface area contributed by atoms with E-state index >= 15 is 0 Å². The molecule has 3 rings (SSSR count). The minimum absolute atomic E-state index is 0. The molecule has 0 aliphatic heterocycles. The summed E-state index contributed by atoms with van der Waals surface area (Å²) in [6.45, 7) is 7.71. The first kappa shape index (κ1) is 22.9. The fraction of sp³-hybridized carbons (Fsp3) is 0.650. The molecule has 2 aliphatic rings. The summed E-state index contributed by atoms with van der Waals surface area (Å²) in [7, 11) is -4.34. The molecule has 0 radical (unpaired) electrons. The number of fused-ring (bicyclic) bond motifs is 3. The average molecular weight is 405 g/mol. The van der Waals surface area contributed by atoms with Gasteiger partial charge in [-0.2, -0.15) is 8.42 Å². The molecule has 2 aliphatic carbocycles. The van der Waals surface area contributed by atoms with E-state index in [1.165, 1.54) is 0 Å². The van der Waals surface area contributed by atoms with Gasteiger partial charge in [-0.1, -0.05) is 33.3 Å². The van der Waals surface area contributed by atoms with Crippen molar-refractivity contribution in [2.75, 3.05) is 0 Å². The Labute approximate surface area is 185 Å². The number of carboxylic acids is 1. The first-order valence-electron chi connectivity index (χ1n) is 9.29. The molecule has 1 saturated carbocycles. The van der Waals surface area contributed by atoms with E-state index in [1.54, 1.807) is 6.07 Å². The molecule has 0 spiro atoms. The number of benzene rings is 1. The van der Waals surface area contributed by atoms with Crippen molar-refractivity contribution in [2.24, 2.45) is 11.3 Å². The fourth-order valence-electron chi connectivity index (χ4n) is 5.45. The quantitative estimate of drug-likeness (QED) is 0.585.